The number of carbonyl (C=O) groups excluding carboxylic acids is 3. The van der Waals surface area contributed by atoms with E-state index >= 15 is 0 Å². The van der Waals surface area contributed by atoms with Crippen LogP contribution in [0.4, 0.5) is 0 Å². The molecule has 1 atom stereocenters. The summed E-state index contributed by atoms with van der Waals surface area (Å²) in [4.78, 5) is 47.3. The van der Waals surface area contributed by atoms with Gasteiger partial charge in [0.2, 0.25) is 5.91 Å². The van der Waals surface area contributed by atoms with Crippen LogP contribution in [0.3, 0.4) is 0 Å². The maximum Gasteiger partial charge on any atom is 0.336 e. The van der Waals surface area contributed by atoms with Gasteiger partial charge in [0, 0.05) is 30.4 Å². The van der Waals surface area contributed by atoms with Crippen molar-refractivity contribution in [2.75, 3.05) is 21.3 Å². The second kappa shape index (κ2) is 9.54. The minimum absolute atomic E-state index is 0.00503. The molecule has 1 amide bonds. The molecule has 1 N–H and O–H groups in total. The van der Waals surface area contributed by atoms with Gasteiger partial charge in [0.05, 0.1) is 27.8 Å². The highest BCUT2D eigenvalue weighted by molar-refractivity contribution is 5.88. The molecule has 1 aromatic heterocycles. The van der Waals surface area contributed by atoms with Crippen LogP contribution in [0, 0.1) is 0 Å². The number of fused-ring (bicyclic) bond motifs is 1. The summed E-state index contributed by atoms with van der Waals surface area (Å²) in [5.74, 6) is -1.23. The Morgan fingerprint density at radius 1 is 1.07 bits per heavy atom. The lowest BCUT2D eigenvalue weighted by molar-refractivity contribution is -0.145. The fourth-order valence-corrected chi connectivity index (χ4v) is 2.65. The SMILES string of the molecule is COC(=O)CCC(=O)N[C@H](Cc1cc(=O)oc2cc(OC)ccc12)C(=O)OC. The molecule has 1 heterocycles. The molecule has 0 aliphatic rings. The van der Waals surface area contributed by atoms with Crippen molar-refractivity contribution in [3.63, 3.8) is 0 Å². The van der Waals surface area contributed by atoms with Gasteiger partial charge in [-0.2, -0.15) is 0 Å². The second-order valence-electron chi connectivity index (χ2n) is 5.88. The van der Waals surface area contributed by atoms with E-state index in [4.69, 9.17) is 13.9 Å². The van der Waals surface area contributed by atoms with Crippen molar-refractivity contribution in [1.82, 2.24) is 5.32 Å². The summed E-state index contributed by atoms with van der Waals surface area (Å²) in [7, 11) is 3.90. The van der Waals surface area contributed by atoms with Crippen LogP contribution in [0.25, 0.3) is 11.0 Å². The third-order valence-electron chi connectivity index (χ3n) is 4.07. The molecule has 9 heteroatoms. The van der Waals surface area contributed by atoms with Gasteiger partial charge < -0.3 is 23.9 Å². The van der Waals surface area contributed by atoms with Crippen molar-refractivity contribution in [3.8, 4) is 5.75 Å². The van der Waals surface area contributed by atoms with E-state index < -0.39 is 29.5 Å². The molecule has 0 aliphatic carbocycles. The number of ether oxygens (including phenoxy) is 3. The highest BCUT2D eigenvalue weighted by atomic mass is 16.5. The molecule has 150 valence electrons. The van der Waals surface area contributed by atoms with Crippen LogP contribution in [-0.4, -0.2) is 45.2 Å². The van der Waals surface area contributed by atoms with Crippen LogP contribution in [0.15, 0.2) is 33.5 Å². The number of nitrogens with one attached hydrogen (secondary N) is 1. The Labute approximate surface area is 160 Å². The molecule has 1 aromatic carbocycles. The fourth-order valence-electron chi connectivity index (χ4n) is 2.65. The Hall–Kier alpha value is -3.36. The maximum atomic E-state index is 12.1. The van der Waals surface area contributed by atoms with Crippen LogP contribution >= 0.6 is 0 Å². The zero-order chi connectivity index (χ0) is 20.7. The Morgan fingerprint density at radius 3 is 2.46 bits per heavy atom. The predicted octanol–water partition coefficient (Wildman–Crippen LogP) is 0.955. The molecular weight excluding hydrogens is 370 g/mol. The Morgan fingerprint density at radius 2 is 1.82 bits per heavy atom. The summed E-state index contributed by atoms with van der Waals surface area (Å²) >= 11 is 0. The van der Waals surface area contributed by atoms with Crippen molar-refractivity contribution in [1.29, 1.82) is 0 Å². The molecule has 0 radical (unpaired) electrons. The first-order chi connectivity index (χ1) is 13.4. The largest absolute Gasteiger partial charge is 0.497 e. The first kappa shape index (κ1) is 20.9. The molecule has 28 heavy (non-hydrogen) atoms. The first-order valence-corrected chi connectivity index (χ1v) is 8.42. The smallest absolute Gasteiger partial charge is 0.336 e. The molecule has 2 rings (SSSR count). The molecule has 0 bridgehead atoms. The highest BCUT2D eigenvalue weighted by Gasteiger charge is 2.24. The van der Waals surface area contributed by atoms with Gasteiger partial charge >= 0.3 is 17.6 Å². The predicted molar refractivity (Wildman–Crippen MR) is 97.9 cm³/mol. The van der Waals surface area contributed by atoms with Crippen LogP contribution in [0.5, 0.6) is 5.75 Å². The van der Waals surface area contributed by atoms with Gasteiger partial charge in [0.15, 0.2) is 0 Å². The Balaban J connectivity index is 2.27. The zero-order valence-corrected chi connectivity index (χ0v) is 15.8. The molecule has 0 fully saturated rings. The van der Waals surface area contributed by atoms with E-state index in [1.54, 1.807) is 18.2 Å². The molecule has 0 saturated heterocycles. The summed E-state index contributed by atoms with van der Waals surface area (Å²) in [6, 6.07) is 5.16. The van der Waals surface area contributed by atoms with Crippen molar-refractivity contribution in [2.45, 2.75) is 25.3 Å². The van der Waals surface area contributed by atoms with Gasteiger partial charge in [0.25, 0.3) is 0 Å². The van der Waals surface area contributed by atoms with Crippen molar-refractivity contribution < 1.29 is 33.0 Å². The monoisotopic (exact) mass is 391 g/mol. The average molecular weight is 391 g/mol. The van der Waals surface area contributed by atoms with Crippen LogP contribution in [0.1, 0.15) is 18.4 Å². The van der Waals surface area contributed by atoms with E-state index in [2.05, 4.69) is 10.1 Å². The summed E-state index contributed by atoms with van der Waals surface area (Å²) < 4.78 is 19.5. The zero-order valence-electron chi connectivity index (χ0n) is 15.8. The third kappa shape index (κ3) is 5.32. The van der Waals surface area contributed by atoms with Crippen molar-refractivity contribution in [3.05, 3.63) is 40.2 Å². The fraction of sp³-hybridized carbons (Fsp3) is 0.368. The minimum atomic E-state index is -1.04. The molecule has 0 aliphatic heterocycles. The van der Waals surface area contributed by atoms with Gasteiger partial charge in [-0.3, -0.25) is 9.59 Å². The van der Waals surface area contributed by atoms with E-state index in [0.717, 1.165) is 0 Å². The molecule has 9 nitrogen and oxygen atoms in total. The van der Waals surface area contributed by atoms with Crippen LogP contribution < -0.4 is 15.7 Å². The lowest BCUT2D eigenvalue weighted by Crippen LogP contribution is -2.43. The summed E-state index contributed by atoms with van der Waals surface area (Å²) in [6.07, 6.45) is -0.256. The maximum absolute atomic E-state index is 12.1. The molecular formula is C19H21NO8. The number of hydrogen-bond donors (Lipinski definition) is 1. The normalized spacial score (nSPS) is 11.5. The number of benzene rings is 1. The van der Waals surface area contributed by atoms with E-state index in [1.165, 1.54) is 27.4 Å². The van der Waals surface area contributed by atoms with E-state index in [0.29, 0.717) is 22.3 Å². The number of methoxy groups -OCH3 is 3. The molecule has 0 unspecified atom stereocenters. The van der Waals surface area contributed by atoms with Crippen LogP contribution in [-0.2, 0) is 30.3 Å². The van der Waals surface area contributed by atoms with Crippen molar-refractivity contribution >= 4 is 28.8 Å². The van der Waals surface area contributed by atoms with Gasteiger partial charge in [-0.15, -0.1) is 0 Å². The number of amides is 1. The van der Waals surface area contributed by atoms with Gasteiger partial charge in [-0.1, -0.05) is 0 Å². The number of esters is 2. The van der Waals surface area contributed by atoms with E-state index in [-0.39, 0.29) is 19.3 Å². The van der Waals surface area contributed by atoms with Gasteiger partial charge in [0.1, 0.15) is 17.4 Å². The average Bonchev–Trinajstić information content (AvgIpc) is 2.69. The Bertz CT molecular complexity index is 933. The van der Waals surface area contributed by atoms with E-state index in [9.17, 15) is 19.2 Å². The molecule has 0 spiro atoms. The lowest BCUT2D eigenvalue weighted by atomic mass is 10.0. The minimum Gasteiger partial charge on any atom is -0.497 e. The highest BCUT2D eigenvalue weighted by Crippen LogP contribution is 2.23. The van der Waals surface area contributed by atoms with Gasteiger partial charge in [-0.05, 0) is 17.7 Å². The number of hydrogen-bond acceptors (Lipinski definition) is 8. The standard InChI is InChI=1S/C19H21NO8/c1-25-12-4-5-13-11(9-18(23)28-15(13)10-12)8-14(19(24)27-3)20-16(21)6-7-17(22)26-2/h4-5,9-10,14H,6-8H2,1-3H3,(H,20,21)/t14-/m1/s1. The molecule has 2 aromatic rings. The van der Waals surface area contributed by atoms with Crippen molar-refractivity contribution in [2.24, 2.45) is 0 Å². The molecule has 0 saturated carbocycles. The van der Waals surface area contributed by atoms with Crippen LogP contribution in [0.2, 0.25) is 0 Å². The second-order valence-corrected chi connectivity index (χ2v) is 5.88. The topological polar surface area (TPSA) is 121 Å². The summed E-state index contributed by atoms with van der Waals surface area (Å²) in [5.41, 5.74) is 0.191. The summed E-state index contributed by atoms with van der Waals surface area (Å²) in [6.45, 7) is 0. The number of carbonyl (C=O) groups is 3. The van der Waals surface area contributed by atoms with E-state index in [1.807, 2.05) is 0 Å². The third-order valence-corrected chi connectivity index (χ3v) is 4.07. The van der Waals surface area contributed by atoms with Gasteiger partial charge in [-0.25, -0.2) is 9.59 Å². The summed E-state index contributed by atoms with van der Waals surface area (Å²) in [5, 5.41) is 3.12. The number of rotatable bonds is 8. The Kier molecular flexibility index (Phi) is 7.14. The lowest BCUT2D eigenvalue weighted by Gasteiger charge is -2.17. The first-order valence-electron chi connectivity index (χ1n) is 8.42. The quantitative estimate of drug-likeness (QED) is 0.522.